The highest BCUT2D eigenvalue weighted by molar-refractivity contribution is 7.89. The monoisotopic (exact) mass is 384 g/mol. The molecule has 26 heavy (non-hydrogen) atoms. The number of halogens is 1. The minimum atomic E-state index is -3.85. The second-order valence-electron chi connectivity index (χ2n) is 5.40. The van der Waals surface area contributed by atoms with Gasteiger partial charge in [-0.25, -0.2) is 17.5 Å². The van der Waals surface area contributed by atoms with E-state index in [4.69, 9.17) is 4.42 Å². The maximum atomic E-state index is 13.0. The number of aliphatic carboxylic acids is 1. The lowest BCUT2D eigenvalue weighted by Gasteiger charge is -2.13. The van der Waals surface area contributed by atoms with Gasteiger partial charge in [0.05, 0.1) is 11.5 Å². The van der Waals surface area contributed by atoms with Crippen molar-refractivity contribution in [3.05, 3.63) is 53.0 Å². The van der Waals surface area contributed by atoms with Crippen LogP contribution in [0.5, 0.6) is 0 Å². The van der Waals surface area contributed by atoms with E-state index in [2.05, 4.69) is 10.0 Å². The lowest BCUT2D eigenvalue weighted by atomic mass is 9.99. The van der Waals surface area contributed by atoms with E-state index in [0.29, 0.717) is 5.56 Å². The maximum Gasteiger partial charge on any atom is 0.312 e. The average Bonchev–Trinajstić information content (AvgIpc) is 2.99. The number of amides is 1. The van der Waals surface area contributed by atoms with Gasteiger partial charge >= 0.3 is 5.97 Å². The van der Waals surface area contributed by atoms with Gasteiger partial charge < -0.3 is 14.8 Å². The molecule has 140 valence electrons. The molecule has 1 aromatic heterocycles. The normalized spacial score (nSPS) is 12.6. The molecule has 0 radical (unpaired) electrons. The molecule has 1 heterocycles. The van der Waals surface area contributed by atoms with E-state index >= 15 is 0 Å². The van der Waals surface area contributed by atoms with Crippen LogP contribution < -0.4 is 10.0 Å². The standard InChI is InChI=1S/C16H17FN2O6S/c1-9-12(7-14(25-9)26(23,24)18-2)15(20)19-8-13(16(21)22)10-3-5-11(17)6-4-10/h3-7,13,18H,8H2,1-2H3,(H,19,20)(H,21,22). The minimum Gasteiger partial charge on any atom is -0.481 e. The molecule has 0 saturated heterocycles. The van der Waals surface area contributed by atoms with Crippen LogP contribution in [0.2, 0.25) is 0 Å². The first-order valence-electron chi connectivity index (χ1n) is 7.46. The molecule has 0 aliphatic carbocycles. The van der Waals surface area contributed by atoms with Crippen molar-refractivity contribution in [1.82, 2.24) is 10.0 Å². The molecule has 0 bridgehead atoms. The second-order valence-corrected chi connectivity index (χ2v) is 7.21. The first-order chi connectivity index (χ1) is 12.2. The molecule has 8 nitrogen and oxygen atoms in total. The molecular weight excluding hydrogens is 367 g/mol. The van der Waals surface area contributed by atoms with Crippen molar-refractivity contribution in [2.75, 3.05) is 13.6 Å². The average molecular weight is 384 g/mol. The van der Waals surface area contributed by atoms with Crippen LogP contribution in [0.1, 0.15) is 27.6 Å². The summed E-state index contributed by atoms with van der Waals surface area (Å²) in [6.07, 6.45) is 0. The molecule has 2 rings (SSSR count). The Hall–Kier alpha value is -2.72. The number of nitrogens with one attached hydrogen (secondary N) is 2. The highest BCUT2D eigenvalue weighted by Gasteiger charge is 2.25. The number of rotatable bonds is 7. The Kier molecular flexibility index (Phi) is 5.78. The van der Waals surface area contributed by atoms with Crippen LogP contribution in [-0.2, 0) is 14.8 Å². The number of furan rings is 1. The van der Waals surface area contributed by atoms with E-state index in [0.717, 1.165) is 18.2 Å². The zero-order valence-electron chi connectivity index (χ0n) is 13.9. The van der Waals surface area contributed by atoms with Crippen molar-refractivity contribution < 1.29 is 31.9 Å². The van der Waals surface area contributed by atoms with Gasteiger partial charge in [0.15, 0.2) is 0 Å². The number of carbonyl (C=O) groups excluding carboxylic acids is 1. The maximum absolute atomic E-state index is 13.0. The van der Waals surface area contributed by atoms with Gasteiger partial charge in [-0.3, -0.25) is 9.59 Å². The van der Waals surface area contributed by atoms with Crippen LogP contribution in [0.4, 0.5) is 4.39 Å². The van der Waals surface area contributed by atoms with E-state index in [1.165, 1.54) is 26.1 Å². The molecule has 2 aromatic rings. The Bertz CT molecular complexity index is 921. The van der Waals surface area contributed by atoms with E-state index in [-0.39, 0.29) is 17.9 Å². The number of hydrogen-bond acceptors (Lipinski definition) is 5. The summed E-state index contributed by atoms with van der Waals surface area (Å²) in [5, 5.41) is 11.3. The van der Waals surface area contributed by atoms with Crippen molar-refractivity contribution >= 4 is 21.9 Å². The van der Waals surface area contributed by atoms with Crippen LogP contribution in [0.25, 0.3) is 0 Å². The SMILES string of the molecule is CNS(=O)(=O)c1cc(C(=O)NCC(C(=O)O)c2ccc(F)cc2)c(C)o1. The van der Waals surface area contributed by atoms with E-state index in [1.54, 1.807) is 0 Å². The van der Waals surface area contributed by atoms with Crippen molar-refractivity contribution in [2.45, 2.75) is 17.9 Å². The summed E-state index contributed by atoms with van der Waals surface area (Å²) in [7, 11) is -2.65. The second kappa shape index (κ2) is 7.67. The third-order valence-corrected chi connectivity index (χ3v) is 4.98. The fraction of sp³-hybridized carbons (Fsp3) is 0.250. The van der Waals surface area contributed by atoms with Crippen LogP contribution in [0.3, 0.4) is 0 Å². The molecule has 0 aliphatic heterocycles. The molecule has 1 amide bonds. The Morgan fingerprint density at radius 2 is 1.88 bits per heavy atom. The third kappa shape index (κ3) is 4.27. The molecule has 0 aliphatic rings. The predicted octanol–water partition coefficient (Wildman–Crippen LogP) is 1.23. The largest absolute Gasteiger partial charge is 0.481 e. The molecule has 1 unspecified atom stereocenters. The molecule has 0 fully saturated rings. The van der Waals surface area contributed by atoms with Crippen molar-refractivity contribution in [3.63, 3.8) is 0 Å². The molecule has 10 heteroatoms. The fourth-order valence-electron chi connectivity index (χ4n) is 2.25. The van der Waals surface area contributed by atoms with Gasteiger partial charge in [0.2, 0.25) is 5.09 Å². The molecule has 0 spiro atoms. The topological polar surface area (TPSA) is 126 Å². The minimum absolute atomic E-state index is 0.0259. The lowest BCUT2D eigenvalue weighted by molar-refractivity contribution is -0.138. The zero-order valence-corrected chi connectivity index (χ0v) is 14.8. The van der Waals surface area contributed by atoms with Crippen LogP contribution in [0.15, 0.2) is 39.8 Å². The van der Waals surface area contributed by atoms with Gasteiger partial charge in [-0.15, -0.1) is 0 Å². The predicted molar refractivity (Wildman–Crippen MR) is 88.8 cm³/mol. The van der Waals surface area contributed by atoms with Crippen LogP contribution in [-0.4, -0.2) is 39.0 Å². The molecule has 1 atom stereocenters. The van der Waals surface area contributed by atoms with Gasteiger partial charge in [0.1, 0.15) is 11.6 Å². The summed E-state index contributed by atoms with van der Waals surface area (Å²) < 4.78 is 43.5. The van der Waals surface area contributed by atoms with Gasteiger partial charge in [0, 0.05) is 12.6 Å². The summed E-state index contributed by atoms with van der Waals surface area (Å²) in [6, 6.07) is 5.95. The summed E-state index contributed by atoms with van der Waals surface area (Å²) in [6.45, 7) is 1.15. The zero-order chi connectivity index (χ0) is 19.5. The summed E-state index contributed by atoms with van der Waals surface area (Å²) in [5.41, 5.74) is 0.295. The Morgan fingerprint density at radius 3 is 2.42 bits per heavy atom. The number of aryl methyl sites for hydroxylation is 1. The number of hydrogen-bond donors (Lipinski definition) is 3. The third-order valence-electron chi connectivity index (χ3n) is 3.71. The van der Waals surface area contributed by atoms with Gasteiger partial charge in [-0.2, -0.15) is 0 Å². The van der Waals surface area contributed by atoms with Crippen LogP contribution >= 0.6 is 0 Å². The van der Waals surface area contributed by atoms with Gasteiger partial charge in [-0.05, 0) is 31.7 Å². The molecule has 0 saturated carbocycles. The highest BCUT2D eigenvalue weighted by Crippen LogP contribution is 2.20. The van der Waals surface area contributed by atoms with Crippen molar-refractivity contribution in [3.8, 4) is 0 Å². The van der Waals surface area contributed by atoms with E-state index in [1.807, 2.05) is 0 Å². The Morgan fingerprint density at radius 1 is 1.27 bits per heavy atom. The number of sulfonamides is 1. The fourth-order valence-corrected chi connectivity index (χ4v) is 2.95. The van der Waals surface area contributed by atoms with E-state index < -0.39 is 38.7 Å². The lowest BCUT2D eigenvalue weighted by Crippen LogP contribution is -2.31. The Balaban J connectivity index is 2.16. The molecule has 3 N–H and O–H groups in total. The smallest absolute Gasteiger partial charge is 0.312 e. The van der Waals surface area contributed by atoms with Crippen molar-refractivity contribution in [1.29, 1.82) is 0 Å². The van der Waals surface area contributed by atoms with E-state index in [9.17, 15) is 27.5 Å². The van der Waals surface area contributed by atoms with Gasteiger partial charge in [-0.1, -0.05) is 12.1 Å². The van der Waals surface area contributed by atoms with Crippen molar-refractivity contribution in [2.24, 2.45) is 0 Å². The summed E-state index contributed by atoms with van der Waals surface area (Å²) in [5.74, 6) is -3.40. The molecular formula is C16H17FN2O6S. The van der Waals surface area contributed by atoms with Crippen LogP contribution in [0, 0.1) is 12.7 Å². The highest BCUT2D eigenvalue weighted by atomic mass is 32.2. The summed E-state index contributed by atoms with van der Waals surface area (Å²) >= 11 is 0. The Labute approximate surface area is 149 Å². The first-order valence-corrected chi connectivity index (χ1v) is 8.94. The quantitative estimate of drug-likeness (QED) is 0.659. The first kappa shape index (κ1) is 19.6. The number of carboxylic acids is 1. The number of carboxylic acid groups (broad SMARTS) is 1. The number of benzene rings is 1. The van der Waals surface area contributed by atoms with Gasteiger partial charge in [0.25, 0.3) is 15.9 Å². The number of carbonyl (C=O) groups is 2. The summed E-state index contributed by atoms with van der Waals surface area (Å²) in [4.78, 5) is 23.7. The molecule has 1 aromatic carbocycles.